The lowest BCUT2D eigenvalue weighted by molar-refractivity contribution is -0.111. The van der Waals surface area contributed by atoms with Crippen molar-refractivity contribution in [1.29, 1.82) is 0 Å². The quantitative estimate of drug-likeness (QED) is 0.566. The fraction of sp³-hybridized carbons (Fsp3) is 0.875. The molecule has 0 rings (SSSR count). The van der Waals surface area contributed by atoms with E-state index in [0.717, 1.165) is 0 Å². The van der Waals surface area contributed by atoms with Crippen LogP contribution in [0.2, 0.25) is 39.3 Å². The van der Waals surface area contributed by atoms with Gasteiger partial charge in [0, 0.05) is 6.92 Å². The third kappa shape index (κ3) is 6.42. The van der Waals surface area contributed by atoms with Gasteiger partial charge in [-0.25, -0.2) is 0 Å². The summed E-state index contributed by atoms with van der Waals surface area (Å²) in [5.74, 6) is 0. The third-order valence-electron chi connectivity index (χ3n) is 1.17. The molecule has 0 unspecified atom stereocenters. The molecule has 4 nitrogen and oxygen atoms in total. The van der Waals surface area contributed by atoms with Crippen LogP contribution in [0.5, 0.6) is 0 Å². The molecular weight excluding hydrogens is 247 g/mol. The Morgan fingerprint density at radius 3 is 1.33 bits per heavy atom. The highest BCUT2D eigenvalue weighted by atomic mass is 31.2. The summed E-state index contributed by atoms with van der Waals surface area (Å²) in [6, 6.07) is 0. The van der Waals surface area contributed by atoms with E-state index in [1.807, 2.05) is 39.3 Å². The Kier molecular flexibility index (Phi) is 4.71. The topological polar surface area (TPSA) is 52.6 Å². The van der Waals surface area contributed by atoms with Crippen molar-refractivity contribution < 1.29 is 17.8 Å². The van der Waals surface area contributed by atoms with Gasteiger partial charge in [-0.2, -0.15) is 0 Å². The van der Waals surface area contributed by atoms with Crippen LogP contribution in [-0.4, -0.2) is 22.2 Å². The molecule has 0 aliphatic carbocycles. The molecule has 0 aromatic carbocycles. The summed E-state index contributed by atoms with van der Waals surface area (Å²) >= 11 is 0. The minimum absolute atomic E-state index is 0.493. The molecule has 0 fully saturated rings. The molecule has 0 saturated carbocycles. The summed E-state index contributed by atoms with van der Waals surface area (Å²) in [4.78, 5) is 11.4. The van der Waals surface area contributed by atoms with Gasteiger partial charge in [0.15, 0.2) is 16.6 Å². The fourth-order valence-electron chi connectivity index (χ4n) is 0.868. The predicted molar refractivity (Wildman–Crippen MR) is 67.1 cm³/mol. The van der Waals surface area contributed by atoms with Gasteiger partial charge in [0.05, 0.1) is 0 Å². The maximum absolute atomic E-state index is 12.2. The number of hydrogen-bond donors (Lipinski definition) is 0. The molecule has 0 saturated heterocycles. The molecule has 0 N–H and O–H groups in total. The molecule has 0 amide bonds. The minimum Gasteiger partial charge on any atom is -0.346 e. The van der Waals surface area contributed by atoms with Crippen LogP contribution >= 0.6 is 7.60 Å². The van der Waals surface area contributed by atoms with Crippen molar-refractivity contribution in [2.75, 3.05) is 0 Å². The predicted octanol–water partition coefficient (Wildman–Crippen LogP) is 3.43. The Bertz CT molecular complexity index is 270. The largest absolute Gasteiger partial charge is 0.377 e. The minimum atomic E-state index is -3.55. The second kappa shape index (κ2) is 4.63. The Morgan fingerprint density at radius 2 is 1.20 bits per heavy atom. The van der Waals surface area contributed by atoms with E-state index in [-0.39, 0.29) is 0 Å². The van der Waals surface area contributed by atoms with Crippen LogP contribution in [0.4, 0.5) is 0 Å². The average molecular weight is 268 g/mol. The van der Waals surface area contributed by atoms with E-state index in [2.05, 4.69) is 0 Å². The van der Waals surface area contributed by atoms with Crippen LogP contribution in [-0.2, 0) is 17.8 Å². The van der Waals surface area contributed by atoms with Crippen molar-refractivity contribution in [2.45, 2.75) is 46.2 Å². The van der Waals surface area contributed by atoms with E-state index in [1.165, 1.54) is 6.92 Å². The maximum atomic E-state index is 12.2. The summed E-state index contributed by atoms with van der Waals surface area (Å²) in [7, 11) is -7.63. The van der Waals surface area contributed by atoms with Gasteiger partial charge in [-0.15, -0.1) is 0 Å². The SMILES string of the molecule is CC(=O)P(=O)(O[Si](C)(C)C)O[Si](C)(C)C. The van der Waals surface area contributed by atoms with Gasteiger partial charge in [-0.05, 0) is 39.3 Å². The zero-order valence-electron chi connectivity index (χ0n) is 10.6. The van der Waals surface area contributed by atoms with Crippen LogP contribution in [0.1, 0.15) is 6.92 Å². The first-order valence-electron chi connectivity index (χ1n) is 4.88. The van der Waals surface area contributed by atoms with Gasteiger partial charge in [-0.3, -0.25) is 9.36 Å². The van der Waals surface area contributed by atoms with Gasteiger partial charge in [0.1, 0.15) is 0 Å². The molecule has 0 heterocycles. The van der Waals surface area contributed by atoms with Crippen molar-refractivity contribution in [3.05, 3.63) is 0 Å². The summed E-state index contributed by atoms with van der Waals surface area (Å²) in [5.41, 5.74) is -0.493. The fourth-order valence-corrected chi connectivity index (χ4v) is 8.15. The van der Waals surface area contributed by atoms with E-state index in [1.54, 1.807) is 0 Å². The molecule has 0 atom stereocenters. The van der Waals surface area contributed by atoms with E-state index < -0.39 is 29.8 Å². The van der Waals surface area contributed by atoms with Crippen molar-refractivity contribution in [3.8, 4) is 0 Å². The van der Waals surface area contributed by atoms with Gasteiger partial charge in [-0.1, -0.05) is 0 Å². The Balaban J connectivity index is 4.94. The molecule has 0 spiro atoms. The smallest absolute Gasteiger partial charge is 0.346 e. The molecule has 0 radical (unpaired) electrons. The zero-order valence-corrected chi connectivity index (χ0v) is 13.5. The highest BCUT2D eigenvalue weighted by molar-refractivity contribution is 7.74. The molecule has 0 aliphatic heterocycles. The van der Waals surface area contributed by atoms with Crippen LogP contribution in [0.15, 0.2) is 0 Å². The number of hydrogen-bond acceptors (Lipinski definition) is 4. The first-order valence-corrected chi connectivity index (χ1v) is 13.2. The Labute approximate surface area is 94.2 Å². The Morgan fingerprint density at radius 1 is 0.933 bits per heavy atom. The second-order valence-electron chi connectivity index (χ2n) is 5.42. The molecule has 0 aliphatic rings. The number of carbonyl (C=O) groups excluding carboxylic acids is 1. The van der Waals surface area contributed by atoms with E-state index in [4.69, 9.17) is 8.43 Å². The molecular formula is C8H21O4PSi2. The molecule has 90 valence electrons. The summed E-state index contributed by atoms with van der Waals surface area (Å²) in [6.07, 6.45) is 0. The van der Waals surface area contributed by atoms with Crippen LogP contribution < -0.4 is 0 Å². The molecule has 15 heavy (non-hydrogen) atoms. The molecule has 0 aromatic heterocycles. The van der Waals surface area contributed by atoms with Crippen LogP contribution in [0.3, 0.4) is 0 Å². The lowest BCUT2D eigenvalue weighted by Gasteiger charge is -2.29. The first kappa shape index (κ1) is 15.3. The zero-order chi connectivity index (χ0) is 12.5. The lowest BCUT2D eigenvalue weighted by atomic mass is 10.9. The molecule has 0 aromatic rings. The van der Waals surface area contributed by atoms with E-state index in [9.17, 15) is 9.36 Å². The first-order chi connectivity index (χ1) is 6.36. The summed E-state index contributed by atoms with van der Waals surface area (Å²) < 4.78 is 23.1. The monoisotopic (exact) mass is 268 g/mol. The van der Waals surface area contributed by atoms with Crippen molar-refractivity contribution in [1.82, 2.24) is 0 Å². The highest BCUT2D eigenvalue weighted by Crippen LogP contribution is 2.53. The van der Waals surface area contributed by atoms with Crippen molar-refractivity contribution in [3.63, 3.8) is 0 Å². The lowest BCUT2D eigenvalue weighted by Crippen LogP contribution is -2.31. The standard InChI is InChI=1S/C8H21O4PSi2/c1-8(9)13(10,11-14(2,3)4)12-15(5,6)7/h1-7H3. The van der Waals surface area contributed by atoms with Crippen LogP contribution in [0, 0.1) is 0 Å². The van der Waals surface area contributed by atoms with E-state index in [0.29, 0.717) is 0 Å². The van der Waals surface area contributed by atoms with E-state index >= 15 is 0 Å². The maximum Gasteiger partial charge on any atom is 0.377 e. The van der Waals surface area contributed by atoms with Crippen molar-refractivity contribution >= 4 is 29.8 Å². The average Bonchev–Trinajstić information content (AvgIpc) is 1.75. The van der Waals surface area contributed by atoms with Gasteiger partial charge < -0.3 is 8.43 Å². The van der Waals surface area contributed by atoms with Crippen LogP contribution in [0.25, 0.3) is 0 Å². The molecule has 0 bridgehead atoms. The highest BCUT2D eigenvalue weighted by Gasteiger charge is 2.40. The Hall–Kier alpha value is 0.254. The van der Waals surface area contributed by atoms with Gasteiger partial charge >= 0.3 is 7.60 Å². The van der Waals surface area contributed by atoms with Crippen molar-refractivity contribution in [2.24, 2.45) is 0 Å². The normalized spacial score (nSPS) is 14.1. The van der Waals surface area contributed by atoms with Gasteiger partial charge in [0.25, 0.3) is 0 Å². The number of carbonyl (C=O) groups is 1. The van der Waals surface area contributed by atoms with Gasteiger partial charge in [0.2, 0.25) is 5.52 Å². The third-order valence-corrected chi connectivity index (χ3v) is 8.25. The summed E-state index contributed by atoms with van der Waals surface area (Å²) in [6.45, 7) is 12.6. The molecule has 7 heteroatoms. The summed E-state index contributed by atoms with van der Waals surface area (Å²) in [5, 5.41) is 0. The number of rotatable bonds is 5. The second-order valence-corrected chi connectivity index (χ2v) is 17.0.